The first-order valence-corrected chi connectivity index (χ1v) is 5.76. The van der Waals surface area contributed by atoms with Crippen molar-refractivity contribution in [3.05, 3.63) is 35.4 Å². The van der Waals surface area contributed by atoms with E-state index in [4.69, 9.17) is 0 Å². The normalized spacial score (nSPS) is 20.6. The Morgan fingerprint density at radius 3 is 1.94 bits per heavy atom. The van der Waals surface area contributed by atoms with Crippen molar-refractivity contribution in [2.45, 2.75) is 31.7 Å². The topological polar surface area (TPSA) is 37.4 Å². The molecule has 2 aliphatic rings. The zero-order valence-corrected chi connectivity index (χ0v) is 8.98. The molecule has 1 aromatic carbocycles. The third-order valence-corrected chi connectivity index (χ3v) is 3.52. The van der Waals surface area contributed by atoms with Crippen LogP contribution in [0.2, 0.25) is 0 Å². The predicted molar refractivity (Wildman–Crippen MR) is 59.2 cm³/mol. The molecule has 3 nitrogen and oxygen atoms in total. The van der Waals surface area contributed by atoms with Crippen LogP contribution in [0, 0.1) is 0 Å². The molecule has 0 unspecified atom stereocenters. The van der Waals surface area contributed by atoms with E-state index < -0.39 is 0 Å². The molecule has 1 heterocycles. The molecule has 0 atom stereocenters. The molecule has 1 saturated carbocycles. The molecular formula is C13H13NO2. The Morgan fingerprint density at radius 2 is 1.44 bits per heavy atom. The summed E-state index contributed by atoms with van der Waals surface area (Å²) in [4.78, 5) is 25.7. The van der Waals surface area contributed by atoms with Crippen LogP contribution in [-0.4, -0.2) is 22.8 Å². The lowest BCUT2D eigenvalue weighted by Gasteiger charge is -2.21. The second kappa shape index (κ2) is 3.44. The molecule has 0 N–H and O–H groups in total. The van der Waals surface area contributed by atoms with Crippen molar-refractivity contribution in [3.63, 3.8) is 0 Å². The minimum absolute atomic E-state index is 0.104. The van der Waals surface area contributed by atoms with Gasteiger partial charge in [-0.25, -0.2) is 0 Å². The van der Waals surface area contributed by atoms with Crippen LogP contribution in [0.15, 0.2) is 24.3 Å². The SMILES string of the molecule is O=C1c2ccccc2C(=O)N1C1CCCC1. The number of nitrogens with zero attached hydrogens (tertiary/aromatic N) is 1. The molecule has 0 saturated heterocycles. The average molecular weight is 215 g/mol. The van der Waals surface area contributed by atoms with E-state index in [1.54, 1.807) is 12.1 Å². The number of fused-ring (bicyclic) bond motifs is 1. The Labute approximate surface area is 94.1 Å². The summed E-state index contributed by atoms with van der Waals surface area (Å²) >= 11 is 0. The number of imide groups is 1. The number of carbonyl (C=O) groups excluding carboxylic acids is 2. The summed E-state index contributed by atoms with van der Waals surface area (Å²) in [7, 11) is 0. The lowest BCUT2D eigenvalue weighted by molar-refractivity contribution is 0.0588. The summed E-state index contributed by atoms with van der Waals surface area (Å²) in [6, 6.07) is 7.23. The van der Waals surface area contributed by atoms with E-state index in [9.17, 15) is 9.59 Å². The largest absolute Gasteiger partial charge is 0.271 e. The quantitative estimate of drug-likeness (QED) is 0.673. The molecule has 3 rings (SSSR count). The molecule has 2 amide bonds. The fraction of sp³-hybridized carbons (Fsp3) is 0.385. The highest BCUT2D eigenvalue weighted by atomic mass is 16.2. The van der Waals surface area contributed by atoms with E-state index in [-0.39, 0.29) is 17.9 Å². The molecule has 0 spiro atoms. The number of benzene rings is 1. The van der Waals surface area contributed by atoms with Crippen molar-refractivity contribution in [3.8, 4) is 0 Å². The smallest absolute Gasteiger partial charge is 0.261 e. The van der Waals surface area contributed by atoms with Crippen molar-refractivity contribution in [2.24, 2.45) is 0 Å². The van der Waals surface area contributed by atoms with E-state index in [0.29, 0.717) is 11.1 Å². The Morgan fingerprint density at radius 1 is 0.938 bits per heavy atom. The van der Waals surface area contributed by atoms with Gasteiger partial charge in [-0.1, -0.05) is 25.0 Å². The van der Waals surface area contributed by atoms with Crippen LogP contribution < -0.4 is 0 Å². The third kappa shape index (κ3) is 1.21. The van der Waals surface area contributed by atoms with Crippen molar-refractivity contribution in [1.82, 2.24) is 4.90 Å². The molecule has 82 valence electrons. The van der Waals surface area contributed by atoms with E-state index >= 15 is 0 Å². The van der Waals surface area contributed by atoms with E-state index in [1.807, 2.05) is 12.1 Å². The summed E-state index contributed by atoms with van der Waals surface area (Å²) < 4.78 is 0. The molecule has 1 fully saturated rings. The van der Waals surface area contributed by atoms with Crippen LogP contribution in [0.5, 0.6) is 0 Å². The molecule has 0 bridgehead atoms. The number of hydrogen-bond donors (Lipinski definition) is 0. The zero-order valence-electron chi connectivity index (χ0n) is 8.98. The lowest BCUT2D eigenvalue weighted by atomic mass is 10.1. The van der Waals surface area contributed by atoms with Crippen LogP contribution in [-0.2, 0) is 0 Å². The highest BCUT2D eigenvalue weighted by molar-refractivity contribution is 6.21. The first-order valence-electron chi connectivity index (χ1n) is 5.76. The van der Waals surface area contributed by atoms with Crippen LogP contribution in [0.4, 0.5) is 0 Å². The van der Waals surface area contributed by atoms with Crippen molar-refractivity contribution >= 4 is 11.8 Å². The Kier molecular flexibility index (Phi) is 2.06. The van der Waals surface area contributed by atoms with Gasteiger partial charge < -0.3 is 0 Å². The average Bonchev–Trinajstić information content (AvgIpc) is 2.89. The lowest BCUT2D eigenvalue weighted by Crippen LogP contribution is -2.38. The van der Waals surface area contributed by atoms with E-state index in [1.165, 1.54) is 4.90 Å². The van der Waals surface area contributed by atoms with Crippen LogP contribution in [0.3, 0.4) is 0 Å². The summed E-state index contributed by atoms with van der Waals surface area (Å²) in [5.74, 6) is -0.208. The summed E-state index contributed by atoms with van der Waals surface area (Å²) in [5.41, 5.74) is 1.14. The molecule has 1 aromatic rings. The minimum Gasteiger partial charge on any atom is -0.271 e. The Hall–Kier alpha value is -1.64. The van der Waals surface area contributed by atoms with Gasteiger partial charge in [0.25, 0.3) is 11.8 Å². The first-order chi connectivity index (χ1) is 7.79. The summed E-state index contributed by atoms with van der Waals surface area (Å²) in [6.07, 6.45) is 4.17. The number of carbonyl (C=O) groups is 2. The van der Waals surface area contributed by atoms with Crippen LogP contribution >= 0.6 is 0 Å². The maximum atomic E-state index is 12.1. The number of rotatable bonds is 1. The molecule has 1 aliphatic carbocycles. The Bertz CT molecular complexity index is 426. The van der Waals surface area contributed by atoms with Crippen molar-refractivity contribution in [2.75, 3.05) is 0 Å². The highest BCUT2D eigenvalue weighted by Crippen LogP contribution is 2.31. The second-order valence-corrected chi connectivity index (χ2v) is 4.46. The molecule has 16 heavy (non-hydrogen) atoms. The maximum absolute atomic E-state index is 12.1. The molecule has 0 aromatic heterocycles. The maximum Gasteiger partial charge on any atom is 0.261 e. The van der Waals surface area contributed by atoms with Gasteiger partial charge in [0.2, 0.25) is 0 Å². The van der Waals surface area contributed by atoms with Gasteiger partial charge in [-0.2, -0.15) is 0 Å². The minimum atomic E-state index is -0.104. The molecule has 0 radical (unpaired) electrons. The van der Waals surface area contributed by atoms with Crippen LogP contribution in [0.1, 0.15) is 46.4 Å². The van der Waals surface area contributed by atoms with Gasteiger partial charge in [0.05, 0.1) is 11.1 Å². The summed E-state index contributed by atoms with van der Waals surface area (Å²) in [5, 5.41) is 0. The van der Waals surface area contributed by atoms with Gasteiger partial charge >= 0.3 is 0 Å². The van der Waals surface area contributed by atoms with Gasteiger partial charge in [0.15, 0.2) is 0 Å². The first kappa shape index (κ1) is 9.58. The van der Waals surface area contributed by atoms with E-state index in [0.717, 1.165) is 25.7 Å². The van der Waals surface area contributed by atoms with Gasteiger partial charge in [-0.05, 0) is 25.0 Å². The van der Waals surface area contributed by atoms with Gasteiger partial charge in [0.1, 0.15) is 0 Å². The molecule has 1 aliphatic heterocycles. The number of hydrogen-bond acceptors (Lipinski definition) is 2. The fourth-order valence-electron chi connectivity index (χ4n) is 2.70. The third-order valence-electron chi connectivity index (χ3n) is 3.52. The molecular weight excluding hydrogens is 202 g/mol. The highest BCUT2D eigenvalue weighted by Gasteiger charge is 2.40. The predicted octanol–water partition coefficient (Wildman–Crippen LogP) is 2.23. The monoisotopic (exact) mass is 215 g/mol. The van der Waals surface area contributed by atoms with Crippen molar-refractivity contribution < 1.29 is 9.59 Å². The Balaban J connectivity index is 2.00. The van der Waals surface area contributed by atoms with Crippen LogP contribution in [0.25, 0.3) is 0 Å². The zero-order chi connectivity index (χ0) is 11.1. The van der Waals surface area contributed by atoms with E-state index in [2.05, 4.69) is 0 Å². The van der Waals surface area contributed by atoms with Gasteiger partial charge in [-0.3, -0.25) is 14.5 Å². The second-order valence-electron chi connectivity index (χ2n) is 4.46. The standard InChI is InChI=1S/C13H13NO2/c15-12-10-7-3-4-8-11(10)13(16)14(12)9-5-1-2-6-9/h3-4,7-9H,1-2,5-6H2. The molecule has 3 heteroatoms. The number of amides is 2. The van der Waals surface area contributed by atoms with Gasteiger partial charge in [-0.15, -0.1) is 0 Å². The summed E-state index contributed by atoms with van der Waals surface area (Å²) in [6.45, 7) is 0. The fourth-order valence-corrected chi connectivity index (χ4v) is 2.70. The van der Waals surface area contributed by atoms with Gasteiger partial charge in [0, 0.05) is 6.04 Å². The van der Waals surface area contributed by atoms with Crippen molar-refractivity contribution in [1.29, 1.82) is 0 Å².